The Balaban J connectivity index is 2.24. The highest BCUT2D eigenvalue weighted by Crippen LogP contribution is 2.22. The fraction of sp³-hybridized carbons (Fsp3) is 0.333. The molecule has 0 unspecified atom stereocenters. The van der Waals surface area contributed by atoms with Gasteiger partial charge in [0.25, 0.3) is 0 Å². The zero-order valence-electron chi connectivity index (χ0n) is 14.3. The largest absolute Gasteiger partial charge is 0.507 e. The van der Waals surface area contributed by atoms with E-state index in [0.29, 0.717) is 24.5 Å². The maximum Gasteiger partial charge on any atom is 0.206 e. The van der Waals surface area contributed by atoms with Crippen molar-refractivity contribution in [2.75, 3.05) is 13.2 Å². The van der Waals surface area contributed by atoms with Crippen molar-refractivity contribution in [1.82, 2.24) is 4.68 Å². The third-order valence-electron chi connectivity index (χ3n) is 3.12. The van der Waals surface area contributed by atoms with Crippen LogP contribution in [0.15, 0.2) is 45.8 Å². The van der Waals surface area contributed by atoms with E-state index in [1.165, 1.54) is 11.3 Å². The summed E-state index contributed by atoms with van der Waals surface area (Å²) in [4.78, 5) is 5.29. The van der Waals surface area contributed by atoms with Gasteiger partial charge in [0.1, 0.15) is 11.5 Å². The highest BCUT2D eigenvalue weighted by molar-refractivity contribution is 7.07. The summed E-state index contributed by atoms with van der Waals surface area (Å²) >= 11 is 1.53. The van der Waals surface area contributed by atoms with Gasteiger partial charge in [0.15, 0.2) is 0 Å². The monoisotopic (exact) mass is 345 g/mol. The summed E-state index contributed by atoms with van der Waals surface area (Å²) in [5, 5.41) is 16.6. The summed E-state index contributed by atoms with van der Waals surface area (Å²) < 4.78 is 7.26. The number of rotatable bonds is 7. The zero-order chi connectivity index (χ0) is 17.5. The van der Waals surface area contributed by atoms with Gasteiger partial charge in [-0.25, -0.2) is 4.68 Å². The molecule has 5 nitrogen and oxygen atoms in total. The summed E-state index contributed by atoms with van der Waals surface area (Å²) in [5.41, 5.74) is 2.61. The SMILES string of the molecule is C=C(C)CN=c1scc(C)n1N=Cc1ccc(OCCC)cc1O. The third kappa shape index (κ3) is 4.83. The molecule has 128 valence electrons. The Morgan fingerprint density at radius 3 is 2.92 bits per heavy atom. The van der Waals surface area contributed by atoms with Crippen molar-refractivity contribution in [3.8, 4) is 11.5 Å². The van der Waals surface area contributed by atoms with Crippen LogP contribution in [0.2, 0.25) is 0 Å². The molecule has 1 N–H and O–H groups in total. The van der Waals surface area contributed by atoms with Crippen LogP contribution in [0.25, 0.3) is 0 Å². The van der Waals surface area contributed by atoms with Gasteiger partial charge in [-0.2, -0.15) is 5.10 Å². The van der Waals surface area contributed by atoms with Crippen molar-refractivity contribution in [3.63, 3.8) is 0 Å². The molecular weight excluding hydrogens is 322 g/mol. The van der Waals surface area contributed by atoms with Gasteiger partial charge in [0.05, 0.1) is 25.1 Å². The minimum atomic E-state index is 0.140. The lowest BCUT2D eigenvalue weighted by Gasteiger charge is -2.06. The Bertz CT molecular complexity index is 803. The number of hydrogen-bond acceptors (Lipinski definition) is 5. The number of ether oxygens (including phenoxy) is 1. The maximum atomic E-state index is 10.1. The van der Waals surface area contributed by atoms with Crippen LogP contribution in [-0.2, 0) is 0 Å². The molecule has 0 fully saturated rings. The molecule has 24 heavy (non-hydrogen) atoms. The predicted molar refractivity (Wildman–Crippen MR) is 99.2 cm³/mol. The second-order valence-corrected chi connectivity index (χ2v) is 6.40. The van der Waals surface area contributed by atoms with Crippen molar-refractivity contribution in [2.45, 2.75) is 27.2 Å². The predicted octanol–water partition coefficient (Wildman–Crippen LogP) is 3.71. The summed E-state index contributed by atoms with van der Waals surface area (Å²) in [6, 6.07) is 5.22. The molecule has 0 atom stereocenters. The number of nitrogens with zero attached hydrogens (tertiary/aromatic N) is 3. The van der Waals surface area contributed by atoms with Gasteiger partial charge >= 0.3 is 0 Å². The van der Waals surface area contributed by atoms with Gasteiger partial charge in [-0.3, -0.25) is 4.99 Å². The number of hydrogen-bond donors (Lipinski definition) is 1. The quantitative estimate of drug-likeness (QED) is 0.614. The van der Waals surface area contributed by atoms with E-state index in [0.717, 1.165) is 22.5 Å². The van der Waals surface area contributed by atoms with Crippen molar-refractivity contribution in [2.24, 2.45) is 10.1 Å². The van der Waals surface area contributed by atoms with Gasteiger partial charge in [0, 0.05) is 17.0 Å². The van der Waals surface area contributed by atoms with Gasteiger partial charge in [0.2, 0.25) is 4.80 Å². The van der Waals surface area contributed by atoms with E-state index in [2.05, 4.69) is 16.7 Å². The van der Waals surface area contributed by atoms with Crippen molar-refractivity contribution >= 4 is 17.6 Å². The number of benzene rings is 1. The Kier molecular flexibility index (Phi) is 6.37. The molecule has 0 saturated carbocycles. The van der Waals surface area contributed by atoms with E-state index in [-0.39, 0.29) is 5.75 Å². The van der Waals surface area contributed by atoms with Gasteiger partial charge in [-0.05, 0) is 32.4 Å². The first-order chi connectivity index (χ1) is 11.5. The molecule has 0 aliphatic heterocycles. The van der Waals surface area contributed by atoms with E-state index in [4.69, 9.17) is 4.74 Å². The molecule has 0 saturated heterocycles. The highest BCUT2D eigenvalue weighted by atomic mass is 32.1. The van der Waals surface area contributed by atoms with Crippen LogP contribution in [0.4, 0.5) is 0 Å². The van der Waals surface area contributed by atoms with Crippen molar-refractivity contribution in [3.05, 3.63) is 51.8 Å². The van der Waals surface area contributed by atoms with Crippen molar-refractivity contribution < 1.29 is 9.84 Å². The summed E-state index contributed by atoms with van der Waals surface area (Å²) in [7, 11) is 0. The minimum absolute atomic E-state index is 0.140. The lowest BCUT2D eigenvalue weighted by molar-refractivity contribution is 0.315. The highest BCUT2D eigenvalue weighted by Gasteiger charge is 2.03. The molecule has 0 spiro atoms. The van der Waals surface area contributed by atoms with E-state index < -0.39 is 0 Å². The average molecular weight is 345 g/mol. The number of phenolic OH excluding ortho intramolecular Hbond substituents is 1. The molecule has 0 radical (unpaired) electrons. The second-order valence-electron chi connectivity index (χ2n) is 5.56. The topological polar surface area (TPSA) is 59.1 Å². The number of aromatic nitrogens is 1. The van der Waals surface area contributed by atoms with Crippen LogP contribution in [0.5, 0.6) is 11.5 Å². The lowest BCUT2D eigenvalue weighted by atomic mass is 10.2. The molecule has 2 rings (SSSR count). The number of thiazole rings is 1. The molecule has 2 aromatic rings. The molecule has 6 heteroatoms. The second kappa shape index (κ2) is 8.49. The van der Waals surface area contributed by atoms with Crippen LogP contribution in [-0.4, -0.2) is 29.1 Å². The van der Waals surface area contributed by atoms with Crippen molar-refractivity contribution in [1.29, 1.82) is 0 Å². The Morgan fingerprint density at radius 2 is 2.25 bits per heavy atom. The van der Waals surface area contributed by atoms with E-state index in [1.54, 1.807) is 23.0 Å². The number of aryl methyl sites for hydroxylation is 1. The van der Waals surface area contributed by atoms with Gasteiger partial charge < -0.3 is 9.84 Å². The fourth-order valence-corrected chi connectivity index (χ4v) is 2.70. The van der Waals surface area contributed by atoms with E-state index in [1.807, 2.05) is 32.2 Å². The molecule has 1 aromatic heterocycles. The summed E-state index contributed by atoms with van der Waals surface area (Å²) in [5.74, 6) is 0.796. The average Bonchev–Trinajstić information content (AvgIpc) is 2.90. The maximum absolute atomic E-state index is 10.1. The van der Waals surface area contributed by atoms with Crippen LogP contribution in [0.1, 0.15) is 31.5 Å². The fourth-order valence-electron chi connectivity index (χ4n) is 1.90. The molecule has 1 aromatic carbocycles. The normalized spacial score (nSPS) is 12.0. The Labute approximate surface area is 146 Å². The first-order valence-electron chi connectivity index (χ1n) is 7.83. The zero-order valence-corrected chi connectivity index (χ0v) is 15.1. The first kappa shape index (κ1) is 18.0. The molecule has 1 heterocycles. The lowest BCUT2D eigenvalue weighted by Crippen LogP contribution is -2.13. The smallest absolute Gasteiger partial charge is 0.206 e. The van der Waals surface area contributed by atoms with E-state index >= 15 is 0 Å². The number of aromatic hydroxyl groups is 1. The molecule has 0 aliphatic carbocycles. The molecule has 0 amide bonds. The summed E-state index contributed by atoms with van der Waals surface area (Å²) in [6.07, 6.45) is 2.55. The van der Waals surface area contributed by atoms with Crippen LogP contribution in [0, 0.1) is 6.92 Å². The van der Waals surface area contributed by atoms with Gasteiger partial charge in [-0.15, -0.1) is 11.3 Å². The molecule has 0 aliphatic rings. The minimum Gasteiger partial charge on any atom is -0.507 e. The molecular formula is C18H23N3O2S. The van der Waals surface area contributed by atoms with Crippen LogP contribution in [0.3, 0.4) is 0 Å². The van der Waals surface area contributed by atoms with Crippen LogP contribution >= 0.6 is 11.3 Å². The van der Waals surface area contributed by atoms with Gasteiger partial charge in [-0.1, -0.05) is 19.1 Å². The Hall–Kier alpha value is -2.34. The standard InChI is InChI=1S/C18H23N3O2S/c1-5-8-23-16-7-6-15(17(22)9-16)11-20-21-14(4)12-24-18(21)19-10-13(2)3/h6-7,9,11-12,22H,2,5,8,10H2,1,3-4H3. The third-order valence-corrected chi connectivity index (χ3v) is 4.09. The first-order valence-corrected chi connectivity index (χ1v) is 8.71. The summed E-state index contributed by atoms with van der Waals surface area (Å²) in [6.45, 7) is 11.0. The Morgan fingerprint density at radius 1 is 1.46 bits per heavy atom. The number of phenols is 1. The van der Waals surface area contributed by atoms with Crippen LogP contribution < -0.4 is 9.54 Å². The van der Waals surface area contributed by atoms with E-state index in [9.17, 15) is 5.11 Å². The molecule has 0 bridgehead atoms.